The molecular formula is C15H23NO2. The van der Waals surface area contributed by atoms with Gasteiger partial charge in [-0.25, -0.2) is 0 Å². The molecule has 3 atom stereocenters. The highest BCUT2D eigenvalue weighted by Crippen LogP contribution is 2.40. The van der Waals surface area contributed by atoms with Crippen molar-refractivity contribution in [3.63, 3.8) is 0 Å². The minimum atomic E-state index is 0.0429. The Morgan fingerprint density at radius 1 is 1.39 bits per heavy atom. The summed E-state index contributed by atoms with van der Waals surface area (Å²) in [6, 6.07) is 4.07. The quantitative estimate of drug-likeness (QED) is 0.830. The van der Waals surface area contributed by atoms with Crippen LogP contribution in [0.15, 0.2) is 16.5 Å². The highest BCUT2D eigenvalue weighted by atomic mass is 16.5. The molecule has 3 rings (SSSR count). The summed E-state index contributed by atoms with van der Waals surface area (Å²) in [6.45, 7) is 6.18. The van der Waals surface area contributed by atoms with Crippen LogP contribution in [0.3, 0.4) is 0 Å². The van der Waals surface area contributed by atoms with Gasteiger partial charge in [0.05, 0.1) is 5.60 Å². The molecule has 1 N–H and O–H groups in total. The van der Waals surface area contributed by atoms with Crippen LogP contribution in [0.5, 0.6) is 0 Å². The molecule has 2 fully saturated rings. The summed E-state index contributed by atoms with van der Waals surface area (Å²) in [5.74, 6) is 2.71. The van der Waals surface area contributed by atoms with Crippen molar-refractivity contribution in [2.24, 2.45) is 5.92 Å². The van der Waals surface area contributed by atoms with Crippen molar-refractivity contribution in [1.82, 2.24) is 5.32 Å². The number of aryl methyl sites for hydroxylation is 1. The first-order valence-corrected chi connectivity index (χ1v) is 7.12. The van der Waals surface area contributed by atoms with E-state index in [0.29, 0.717) is 0 Å². The molecule has 1 aliphatic heterocycles. The van der Waals surface area contributed by atoms with Crippen molar-refractivity contribution in [3.8, 4) is 0 Å². The van der Waals surface area contributed by atoms with Gasteiger partial charge in [-0.2, -0.15) is 0 Å². The zero-order valence-corrected chi connectivity index (χ0v) is 11.4. The van der Waals surface area contributed by atoms with E-state index < -0.39 is 0 Å². The third kappa shape index (κ3) is 2.34. The lowest BCUT2D eigenvalue weighted by Gasteiger charge is -2.45. The molecule has 3 heteroatoms. The summed E-state index contributed by atoms with van der Waals surface area (Å²) in [4.78, 5) is 0. The summed E-state index contributed by atoms with van der Waals surface area (Å²) in [7, 11) is 0. The predicted octanol–water partition coefficient (Wildman–Crippen LogP) is 3.20. The molecule has 18 heavy (non-hydrogen) atoms. The van der Waals surface area contributed by atoms with Crippen LogP contribution in [0.2, 0.25) is 0 Å². The fourth-order valence-electron chi connectivity index (χ4n) is 3.48. The molecule has 0 amide bonds. The Morgan fingerprint density at radius 2 is 2.28 bits per heavy atom. The minimum Gasteiger partial charge on any atom is -0.464 e. The molecule has 0 radical (unpaired) electrons. The lowest BCUT2D eigenvalue weighted by molar-refractivity contribution is -0.149. The van der Waals surface area contributed by atoms with Crippen LogP contribution in [0.1, 0.15) is 50.2 Å². The molecule has 1 saturated carbocycles. The van der Waals surface area contributed by atoms with Crippen LogP contribution in [0, 0.1) is 12.8 Å². The maximum atomic E-state index is 6.43. The van der Waals surface area contributed by atoms with Gasteiger partial charge in [-0.05, 0) is 37.8 Å². The molecule has 1 aromatic heterocycles. The van der Waals surface area contributed by atoms with Crippen molar-refractivity contribution in [1.29, 1.82) is 0 Å². The van der Waals surface area contributed by atoms with E-state index >= 15 is 0 Å². The Morgan fingerprint density at radius 3 is 3.00 bits per heavy atom. The molecule has 1 aliphatic carbocycles. The average molecular weight is 249 g/mol. The van der Waals surface area contributed by atoms with Crippen molar-refractivity contribution in [3.05, 3.63) is 23.7 Å². The fraction of sp³-hybridized carbons (Fsp3) is 0.733. The second-order valence-electron chi connectivity index (χ2n) is 6.07. The zero-order valence-electron chi connectivity index (χ0n) is 11.4. The van der Waals surface area contributed by atoms with Crippen molar-refractivity contribution in [2.75, 3.05) is 13.1 Å². The topological polar surface area (TPSA) is 34.4 Å². The molecule has 100 valence electrons. The van der Waals surface area contributed by atoms with Crippen molar-refractivity contribution < 1.29 is 9.15 Å². The van der Waals surface area contributed by atoms with Crippen LogP contribution in [-0.4, -0.2) is 18.7 Å². The summed E-state index contributed by atoms with van der Waals surface area (Å²) >= 11 is 0. The first-order valence-electron chi connectivity index (χ1n) is 7.12. The Labute approximate surface area is 109 Å². The second kappa shape index (κ2) is 4.71. The van der Waals surface area contributed by atoms with Crippen molar-refractivity contribution in [2.45, 2.75) is 51.2 Å². The monoisotopic (exact) mass is 249 g/mol. The van der Waals surface area contributed by atoms with Gasteiger partial charge in [-0.3, -0.25) is 0 Å². The maximum absolute atomic E-state index is 6.43. The largest absolute Gasteiger partial charge is 0.464 e. The van der Waals surface area contributed by atoms with Crippen LogP contribution < -0.4 is 5.32 Å². The maximum Gasteiger partial charge on any atom is 0.134 e. The Hall–Kier alpha value is -0.800. The number of nitrogens with one attached hydrogen (secondary N) is 1. The average Bonchev–Trinajstić information content (AvgIpc) is 2.76. The number of hydrogen-bond donors (Lipinski definition) is 1. The highest BCUT2D eigenvalue weighted by molar-refractivity contribution is 5.10. The minimum absolute atomic E-state index is 0.0429. The van der Waals surface area contributed by atoms with E-state index in [1.807, 2.05) is 19.1 Å². The first-order chi connectivity index (χ1) is 8.67. The third-order valence-electron chi connectivity index (χ3n) is 4.30. The van der Waals surface area contributed by atoms with Gasteiger partial charge in [0.25, 0.3) is 0 Å². The van der Waals surface area contributed by atoms with E-state index in [9.17, 15) is 0 Å². The number of ether oxygens (including phenoxy) is 1. The molecule has 1 aromatic rings. The zero-order chi connectivity index (χ0) is 12.6. The molecule has 2 heterocycles. The van der Waals surface area contributed by atoms with E-state index in [1.54, 1.807) is 0 Å². The standard InChI is InChI=1S/C15H23NO2/c1-11-4-3-7-15(8-11)10-16-9-14(18-15)13-6-5-12(2)17-13/h5-6,11,14,16H,3-4,7-10H2,1-2H3. The molecule has 3 unspecified atom stereocenters. The van der Waals surface area contributed by atoms with Gasteiger partial charge in [0.1, 0.15) is 17.6 Å². The van der Waals surface area contributed by atoms with Gasteiger partial charge in [-0.1, -0.05) is 19.8 Å². The molecular weight excluding hydrogens is 226 g/mol. The summed E-state index contributed by atoms with van der Waals surface area (Å²) in [5, 5.41) is 3.54. The van der Waals surface area contributed by atoms with Gasteiger partial charge in [0.2, 0.25) is 0 Å². The molecule has 2 aliphatic rings. The lowest BCUT2D eigenvalue weighted by Crippen LogP contribution is -2.52. The smallest absolute Gasteiger partial charge is 0.134 e. The van der Waals surface area contributed by atoms with Gasteiger partial charge < -0.3 is 14.5 Å². The third-order valence-corrected chi connectivity index (χ3v) is 4.30. The van der Waals surface area contributed by atoms with Gasteiger partial charge in [-0.15, -0.1) is 0 Å². The van der Waals surface area contributed by atoms with Gasteiger partial charge in [0.15, 0.2) is 0 Å². The SMILES string of the molecule is Cc1ccc(C2CNCC3(CCCC(C)C3)O2)o1. The molecule has 3 nitrogen and oxygen atoms in total. The molecule has 0 bridgehead atoms. The fourth-order valence-corrected chi connectivity index (χ4v) is 3.48. The van der Waals surface area contributed by atoms with Gasteiger partial charge in [0, 0.05) is 13.1 Å². The number of furan rings is 1. The van der Waals surface area contributed by atoms with E-state index in [-0.39, 0.29) is 11.7 Å². The summed E-state index contributed by atoms with van der Waals surface area (Å²) < 4.78 is 12.1. The second-order valence-corrected chi connectivity index (χ2v) is 6.07. The molecule has 1 spiro atoms. The van der Waals surface area contributed by atoms with Crippen LogP contribution in [0.25, 0.3) is 0 Å². The molecule has 0 aromatic carbocycles. The number of rotatable bonds is 1. The lowest BCUT2D eigenvalue weighted by atomic mass is 9.78. The summed E-state index contributed by atoms with van der Waals surface area (Å²) in [6.07, 6.45) is 5.07. The van der Waals surface area contributed by atoms with E-state index in [1.165, 1.54) is 25.7 Å². The first kappa shape index (κ1) is 12.2. The number of morpholine rings is 1. The highest BCUT2D eigenvalue weighted by Gasteiger charge is 2.41. The normalized spacial score (nSPS) is 37.0. The van der Waals surface area contributed by atoms with Crippen LogP contribution in [-0.2, 0) is 4.74 Å². The van der Waals surface area contributed by atoms with E-state index in [2.05, 4.69) is 12.2 Å². The Kier molecular flexibility index (Phi) is 3.20. The van der Waals surface area contributed by atoms with Gasteiger partial charge >= 0.3 is 0 Å². The van der Waals surface area contributed by atoms with E-state index in [0.717, 1.165) is 30.5 Å². The number of hydrogen-bond acceptors (Lipinski definition) is 3. The van der Waals surface area contributed by atoms with Crippen molar-refractivity contribution >= 4 is 0 Å². The summed E-state index contributed by atoms with van der Waals surface area (Å²) in [5.41, 5.74) is 0.0429. The van der Waals surface area contributed by atoms with E-state index in [4.69, 9.17) is 9.15 Å². The predicted molar refractivity (Wildman–Crippen MR) is 70.5 cm³/mol. The Balaban J connectivity index is 1.75. The van der Waals surface area contributed by atoms with Crippen LogP contribution >= 0.6 is 0 Å². The Bertz CT molecular complexity index is 410. The molecule has 1 saturated heterocycles. The van der Waals surface area contributed by atoms with Crippen LogP contribution in [0.4, 0.5) is 0 Å².